The van der Waals surface area contributed by atoms with E-state index in [9.17, 15) is 9.59 Å². The second-order valence-corrected chi connectivity index (χ2v) is 6.14. The second kappa shape index (κ2) is 7.52. The van der Waals surface area contributed by atoms with Gasteiger partial charge in [0.1, 0.15) is 12.2 Å². The van der Waals surface area contributed by atoms with Gasteiger partial charge >= 0.3 is 0 Å². The largest absolute Gasteiger partial charge is 0.493 e. The number of fused-ring (bicyclic) bond motifs is 1. The maximum atomic E-state index is 11.9. The molecule has 1 aromatic heterocycles. The van der Waals surface area contributed by atoms with Crippen LogP contribution in [0.15, 0.2) is 12.1 Å². The van der Waals surface area contributed by atoms with Gasteiger partial charge in [-0.05, 0) is 6.07 Å². The van der Waals surface area contributed by atoms with Crippen molar-refractivity contribution in [1.82, 2.24) is 14.9 Å². The van der Waals surface area contributed by atoms with Crippen LogP contribution < -0.4 is 25.8 Å². The minimum absolute atomic E-state index is 0.266. The summed E-state index contributed by atoms with van der Waals surface area (Å²) in [6, 6.07) is 3.50. The first-order valence-corrected chi connectivity index (χ1v) is 8.43. The molecular formula is C17H22N6O4. The predicted molar refractivity (Wildman–Crippen MR) is 99.7 cm³/mol. The Morgan fingerprint density at radius 2 is 1.70 bits per heavy atom. The number of benzene rings is 1. The molecule has 1 fully saturated rings. The molecule has 0 aliphatic carbocycles. The summed E-state index contributed by atoms with van der Waals surface area (Å²) in [5, 5.41) is 0.673. The Morgan fingerprint density at radius 3 is 2.30 bits per heavy atom. The van der Waals surface area contributed by atoms with Gasteiger partial charge in [0.25, 0.3) is 0 Å². The molecule has 0 saturated carbocycles. The molecule has 1 aliphatic heterocycles. The average Bonchev–Trinajstić information content (AvgIpc) is 2.66. The van der Waals surface area contributed by atoms with Crippen molar-refractivity contribution in [2.75, 3.05) is 51.0 Å². The van der Waals surface area contributed by atoms with Gasteiger partial charge in [-0.15, -0.1) is 0 Å². The molecule has 1 aliphatic rings. The Bertz CT molecular complexity index is 879. The Hall–Kier alpha value is -3.30. The van der Waals surface area contributed by atoms with Crippen LogP contribution in [0.1, 0.15) is 6.42 Å². The lowest BCUT2D eigenvalue weighted by Crippen LogP contribution is -2.49. The van der Waals surface area contributed by atoms with Gasteiger partial charge in [-0.1, -0.05) is 0 Å². The average molecular weight is 374 g/mol. The van der Waals surface area contributed by atoms with Gasteiger partial charge in [0.2, 0.25) is 17.8 Å². The van der Waals surface area contributed by atoms with Crippen molar-refractivity contribution < 1.29 is 19.1 Å². The van der Waals surface area contributed by atoms with E-state index in [2.05, 4.69) is 9.97 Å². The summed E-state index contributed by atoms with van der Waals surface area (Å²) in [5.74, 6) is 1.03. The molecule has 2 heterocycles. The molecule has 3 rings (SSSR count). The molecule has 2 amide bonds. The van der Waals surface area contributed by atoms with E-state index in [-0.39, 0.29) is 12.3 Å². The summed E-state index contributed by atoms with van der Waals surface area (Å²) in [5.41, 5.74) is 11.8. The fourth-order valence-electron chi connectivity index (χ4n) is 3.02. The first kappa shape index (κ1) is 18.5. The number of ether oxygens (including phenoxy) is 2. The summed E-state index contributed by atoms with van der Waals surface area (Å²) in [7, 11) is 3.10. The molecule has 144 valence electrons. The van der Waals surface area contributed by atoms with E-state index < -0.39 is 5.91 Å². The lowest BCUT2D eigenvalue weighted by molar-refractivity contribution is -0.135. The van der Waals surface area contributed by atoms with Crippen LogP contribution in [-0.4, -0.2) is 67.1 Å². The Morgan fingerprint density at radius 1 is 1.07 bits per heavy atom. The third-order valence-electron chi connectivity index (χ3n) is 4.46. The van der Waals surface area contributed by atoms with Crippen LogP contribution in [0.5, 0.6) is 11.5 Å². The number of hydrogen-bond donors (Lipinski definition) is 2. The Labute approximate surface area is 156 Å². The zero-order valence-electron chi connectivity index (χ0n) is 15.3. The number of nitrogen functional groups attached to an aromatic ring is 1. The Kier molecular flexibility index (Phi) is 5.15. The molecule has 2 aromatic rings. The van der Waals surface area contributed by atoms with Gasteiger partial charge in [-0.2, -0.15) is 4.98 Å². The van der Waals surface area contributed by atoms with Gasteiger partial charge in [0, 0.05) is 37.6 Å². The predicted octanol–water partition coefficient (Wildman–Crippen LogP) is -0.247. The van der Waals surface area contributed by atoms with Crippen molar-refractivity contribution >= 4 is 34.5 Å². The standard InChI is InChI=1S/C17H22N6O4/c1-26-12-7-10-11(8-13(12)27-2)20-17(21-16(10)19)23-5-3-22(4-6-23)15(25)9-14(18)24/h7-8H,3-6,9H2,1-2H3,(H2,18,24)(H2,19,20,21). The van der Waals surface area contributed by atoms with Crippen molar-refractivity contribution in [2.45, 2.75) is 6.42 Å². The molecule has 1 saturated heterocycles. The van der Waals surface area contributed by atoms with Gasteiger partial charge in [0.15, 0.2) is 11.5 Å². The van der Waals surface area contributed by atoms with Crippen LogP contribution in [0, 0.1) is 0 Å². The molecule has 4 N–H and O–H groups in total. The number of carbonyl (C=O) groups excluding carboxylic acids is 2. The molecule has 0 spiro atoms. The van der Waals surface area contributed by atoms with Gasteiger partial charge in [-0.3, -0.25) is 9.59 Å². The third-order valence-corrected chi connectivity index (χ3v) is 4.46. The number of nitrogens with two attached hydrogens (primary N) is 2. The number of aromatic nitrogens is 2. The quantitative estimate of drug-likeness (QED) is 0.684. The second-order valence-electron chi connectivity index (χ2n) is 6.14. The highest BCUT2D eigenvalue weighted by Crippen LogP contribution is 2.34. The van der Waals surface area contributed by atoms with E-state index >= 15 is 0 Å². The minimum atomic E-state index is -0.627. The molecule has 0 bridgehead atoms. The monoisotopic (exact) mass is 374 g/mol. The summed E-state index contributed by atoms with van der Waals surface area (Å²) in [6.07, 6.45) is -0.277. The minimum Gasteiger partial charge on any atom is -0.493 e. The summed E-state index contributed by atoms with van der Waals surface area (Å²) in [4.78, 5) is 35.4. The molecule has 10 nitrogen and oxygen atoms in total. The fraction of sp³-hybridized carbons (Fsp3) is 0.412. The van der Waals surface area contributed by atoms with E-state index in [0.717, 1.165) is 0 Å². The maximum Gasteiger partial charge on any atom is 0.232 e. The van der Waals surface area contributed by atoms with E-state index in [1.807, 2.05) is 4.90 Å². The number of hydrogen-bond acceptors (Lipinski definition) is 8. The van der Waals surface area contributed by atoms with E-state index in [1.165, 1.54) is 0 Å². The topological polar surface area (TPSA) is 137 Å². The number of piperazine rings is 1. The normalized spacial score (nSPS) is 14.3. The first-order valence-electron chi connectivity index (χ1n) is 8.43. The number of nitrogens with zero attached hydrogens (tertiary/aromatic N) is 4. The van der Waals surface area contributed by atoms with Gasteiger partial charge < -0.3 is 30.7 Å². The zero-order chi connectivity index (χ0) is 19.6. The van der Waals surface area contributed by atoms with Crippen molar-refractivity contribution in [1.29, 1.82) is 0 Å². The summed E-state index contributed by atoms with van der Waals surface area (Å²) < 4.78 is 10.6. The molecule has 10 heteroatoms. The molecule has 27 heavy (non-hydrogen) atoms. The number of primary amides is 1. The van der Waals surface area contributed by atoms with Crippen LogP contribution >= 0.6 is 0 Å². The number of carbonyl (C=O) groups is 2. The molecule has 0 unspecified atom stereocenters. The zero-order valence-corrected chi connectivity index (χ0v) is 15.3. The van der Waals surface area contributed by atoms with Crippen molar-refractivity contribution in [2.24, 2.45) is 5.73 Å². The Balaban J connectivity index is 1.82. The smallest absolute Gasteiger partial charge is 0.232 e. The first-order chi connectivity index (χ1) is 12.9. The number of rotatable bonds is 5. The molecule has 0 atom stereocenters. The van der Waals surface area contributed by atoms with Crippen molar-refractivity contribution in [3.05, 3.63) is 12.1 Å². The van der Waals surface area contributed by atoms with Crippen LogP contribution in [0.2, 0.25) is 0 Å². The molecule has 1 aromatic carbocycles. The van der Waals surface area contributed by atoms with E-state index in [1.54, 1.807) is 31.3 Å². The maximum absolute atomic E-state index is 11.9. The highest BCUT2D eigenvalue weighted by molar-refractivity contribution is 5.96. The highest BCUT2D eigenvalue weighted by Gasteiger charge is 2.24. The fourth-order valence-corrected chi connectivity index (χ4v) is 3.02. The van der Waals surface area contributed by atoms with E-state index in [4.69, 9.17) is 20.9 Å². The van der Waals surface area contributed by atoms with Crippen LogP contribution in [-0.2, 0) is 9.59 Å². The SMILES string of the molecule is COc1cc2nc(N3CCN(C(=O)CC(N)=O)CC3)nc(N)c2cc1OC. The van der Waals surface area contributed by atoms with Crippen LogP contribution in [0.3, 0.4) is 0 Å². The van der Waals surface area contributed by atoms with Gasteiger partial charge in [0.05, 0.1) is 19.7 Å². The lowest BCUT2D eigenvalue weighted by Gasteiger charge is -2.34. The summed E-state index contributed by atoms with van der Waals surface area (Å²) in [6.45, 7) is 1.98. The summed E-state index contributed by atoms with van der Waals surface area (Å²) >= 11 is 0. The lowest BCUT2D eigenvalue weighted by atomic mass is 10.2. The highest BCUT2D eigenvalue weighted by atomic mass is 16.5. The number of methoxy groups -OCH3 is 2. The number of amides is 2. The number of anilines is 2. The molecular weight excluding hydrogens is 352 g/mol. The van der Waals surface area contributed by atoms with Crippen molar-refractivity contribution in [3.8, 4) is 11.5 Å². The third kappa shape index (κ3) is 3.78. The van der Waals surface area contributed by atoms with Crippen molar-refractivity contribution in [3.63, 3.8) is 0 Å². The molecule has 0 radical (unpaired) electrons. The van der Waals surface area contributed by atoms with E-state index in [0.29, 0.717) is 60.3 Å². The van der Waals surface area contributed by atoms with Crippen LogP contribution in [0.25, 0.3) is 10.9 Å². The van der Waals surface area contributed by atoms with Gasteiger partial charge in [-0.25, -0.2) is 4.98 Å². The van der Waals surface area contributed by atoms with Crippen LogP contribution in [0.4, 0.5) is 11.8 Å².